The van der Waals surface area contributed by atoms with Gasteiger partial charge in [0.25, 0.3) is 0 Å². The van der Waals surface area contributed by atoms with Gasteiger partial charge in [-0.15, -0.1) is 0 Å². The molecule has 0 fully saturated rings. The molecule has 0 aromatic rings. The molecule has 0 saturated carbocycles. The zero-order chi connectivity index (χ0) is 74.3. The standard InChI is InChI=1S/C83H146O17P2/c1-3-5-7-9-11-13-15-17-19-20-26-32-38-44-50-56-62-68-83(88)96-76-81(94-72-66-60-54-48-42-36-30-24-22-28-34-40-46-52-58-64-70-85)78-100-102(91,92)98-74-79(86)73-97-101(89,90)99-77-80(93-71-65-59-53-47-41-35-29-23-21-27-33-39-45-51-57-63-69-84)75-95-82(87)67-61-55-49-43-37-31-25-18-16-14-12-10-8-6-4-2/h11-14,17-19,21-22,25-28,32,44,50,69-70,79-81,86H,3-10,15-16,20,23-24,29-31,33-43,45-49,51-68,71-78H2,1-2H3,(H,89,90)(H,91,92)/b13-11-,14-12-,19-17-,25-18-,27-21-,28-22-,32-26-,50-44-/t79-,80+,81+/m0/s1. The molecule has 17 nitrogen and oxygen atoms in total. The summed E-state index contributed by atoms with van der Waals surface area (Å²) in [5.41, 5.74) is 0. The number of phosphoric acid groups is 2. The molecule has 0 radical (unpaired) electrons. The van der Waals surface area contributed by atoms with Gasteiger partial charge in [-0.05, 0) is 161 Å². The van der Waals surface area contributed by atoms with Crippen LogP contribution in [-0.4, -0.2) is 111 Å². The number of rotatable bonds is 80. The van der Waals surface area contributed by atoms with Crippen LogP contribution in [0.2, 0.25) is 0 Å². The molecule has 2 unspecified atom stereocenters. The van der Waals surface area contributed by atoms with E-state index in [1.54, 1.807) is 0 Å². The van der Waals surface area contributed by atoms with Gasteiger partial charge in [0.2, 0.25) is 0 Å². The highest BCUT2D eigenvalue weighted by molar-refractivity contribution is 7.47. The van der Waals surface area contributed by atoms with Crippen LogP contribution in [0.25, 0.3) is 0 Å². The molecule has 3 N–H and O–H groups in total. The van der Waals surface area contributed by atoms with Gasteiger partial charge in [0.1, 0.15) is 44.1 Å². The largest absolute Gasteiger partial charge is 0.472 e. The zero-order valence-corrected chi connectivity index (χ0v) is 65.9. The maximum Gasteiger partial charge on any atom is 0.472 e. The predicted molar refractivity (Wildman–Crippen MR) is 418 cm³/mol. The van der Waals surface area contributed by atoms with Crippen LogP contribution in [0.4, 0.5) is 0 Å². The van der Waals surface area contributed by atoms with Crippen molar-refractivity contribution in [2.75, 3.05) is 52.9 Å². The van der Waals surface area contributed by atoms with E-state index in [2.05, 4.69) is 105 Å². The van der Waals surface area contributed by atoms with Gasteiger partial charge in [-0.2, -0.15) is 0 Å². The maximum atomic E-state index is 13.1. The summed E-state index contributed by atoms with van der Waals surface area (Å²) in [5, 5.41) is 10.7. The number of carbonyl (C=O) groups is 4. The summed E-state index contributed by atoms with van der Waals surface area (Å²) in [6.07, 6.45) is 83.8. The molecule has 0 aromatic heterocycles. The van der Waals surface area contributed by atoms with E-state index >= 15 is 0 Å². The molecule has 0 aromatic carbocycles. The Morgan fingerprint density at radius 2 is 0.549 bits per heavy atom. The van der Waals surface area contributed by atoms with E-state index in [0.717, 1.165) is 231 Å². The zero-order valence-electron chi connectivity index (χ0n) is 64.1. The molecular formula is C83H146O17P2. The van der Waals surface area contributed by atoms with Crippen molar-refractivity contribution >= 4 is 40.2 Å². The van der Waals surface area contributed by atoms with Crippen molar-refractivity contribution in [3.63, 3.8) is 0 Å². The van der Waals surface area contributed by atoms with E-state index in [9.17, 15) is 43.2 Å². The molecule has 0 bridgehead atoms. The molecular weight excluding hydrogens is 1330 g/mol. The fourth-order valence-electron chi connectivity index (χ4n) is 10.8. The fraction of sp³-hybridized carbons (Fsp3) is 0.759. The van der Waals surface area contributed by atoms with Crippen LogP contribution in [-0.2, 0) is 65.4 Å². The number of unbranched alkanes of at least 4 members (excludes halogenated alkanes) is 36. The Morgan fingerprint density at radius 3 is 0.873 bits per heavy atom. The normalized spacial score (nSPS) is 14.4. The smallest absolute Gasteiger partial charge is 0.463 e. The Kier molecular flexibility index (Phi) is 75.5. The van der Waals surface area contributed by atoms with Crippen LogP contribution in [0, 0.1) is 0 Å². The third kappa shape index (κ3) is 77.4. The van der Waals surface area contributed by atoms with Crippen molar-refractivity contribution in [3.05, 3.63) is 97.2 Å². The van der Waals surface area contributed by atoms with E-state index < -0.39 is 72.3 Å². The first-order valence-electron chi connectivity index (χ1n) is 40.4. The van der Waals surface area contributed by atoms with Gasteiger partial charge >= 0.3 is 27.6 Å². The van der Waals surface area contributed by atoms with E-state index in [-0.39, 0.29) is 26.1 Å². The van der Waals surface area contributed by atoms with Gasteiger partial charge in [-0.25, -0.2) is 9.13 Å². The van der Waals surface area contributed by atoms with Crippen LogP contribution in [0.15, 0.2) is 97.2 Å². The molecule has 0 amide bonds. The lowest BCUT2D eigenvalue weighted by Crippen LogP contribution is -2.28. The summed E-state index contributed by atoms with van der Waals surface area (Å²) in [7, 11) is -9.67. The van der Waals surface area contributed by atoms with Gasteiger partial charge in [0.15, 0.2) is 0 Å². The first-order chi connectivity index (χ1) is 49.9. The highest BCUT2D eigenvalue weighted by Crippen LogP contribution is 2.45. The van der Waals surface area contributed by atoms with Crippen LogP contribution in [0.1, 0.15) is 335 Å². The minimum Gasteiger partial charge on any atom is -0.463 e. The summed E-state index contributed by atoms with van der Waals surface area (Å²) in [6, 6.07) is 0. The summed E-state index contributed by atoms with van der Waals surface area (Å²) >= 11 is 0. The second-order valence-corrected chi connectivity index (χ2v) is 29.8. The van der Waals surface area contributed by atoms with Crippen LogP contribution in [0.5, 0.6) is 0 Å². The van der Waals surface area contributed by atoms with Crippen LogP contribution in [0.3, 0.4) is 0 Å². The second kappa shape index (κ2) is 78.4. The van der Waals surface area contributed by atoms with Crippen molar-refractivity contribution < 1.29 is 80.2 Å². The molecule has 5 atom stereocenters. The SMILES string of the molecule is CCCCC/C=C\C/C=C\C/C=C\C/C=C\CCCC(=O)OC[C@H](COP(=O)(O)OC[C@@H](O)COP(=O)(O)OC[C@@H](COC(=O)CCCCCCC/C=C\C/C=C\CCCCC)OCCCCCCCCC/C=C\CCCCCCC=O)OCCCCCCCCC/C=C\CCCCCCC=O. The number of allylic oxidation sites excluding steroid dienone is 16. The van der Waals surface area contributed by atoms with Crippen LogP contribution < -0.4 is 0 Å². The Balaban J connectivity index is 5.27. The monoisotopic (exact) mass is 1480 g/mol. The van der Waals surface area contributed by atoms with E-state index in [1.165, 1.54) is 57.8 Å². The average molecular weight is 1480 g/mol. The predicted octanol–water partition coefficient (Wildman–Crippen LogP) is 22.9. The Bertz CT molecular complexity index is 2240. The minimum atomic E-state index is -4.84. The van der Waals surface area contributed by atoms with Crippen molar-refractivity contribution in [3.8, 4) is 0 Å². The van der Waals surface area contributed by atoms with E-state index in [0.29, 0.717) is 45.3 Å². The molecule has 0 heterocycles. The minimum absolute atomic E-state index is 0.176. The maximum absolute atomic E-state index is 13.1. The summed E-state index contributed by atoms with van der Waals surface area (Å²) in [5.74, 6) is -0.834. The van der Waals surface area contributed by atoms with Crippen molar-refractivity contribution in [2.24, 2.45) is 0 Å². The number of ether oxygens (including phenoxy) is 4. The van der Waals surface area contributed by atoms with E-state index in [1.807, 2.05) is 6.08 Å². The van der Waals surface area contributed by atoms with E-state index in [4.69, 9.17) is 37.0 Å². The third-order valence-electron chi connectivity index (χ3n) is 17.1. The topological polar surface area (TPSA) is 237 Å². The van der Waals surface area contributed by atoms with Crippen molar-refractivity contribution in [1.82, 2.24) is 0 Å². The fourth-order valence-corrected chi connectivity index (χ4v) is 12.4. The van der Waals surface area contributed by atoms with Gasteiger partial charge in [0, 0.05) is 38.9 Å². The Labute approximate surface area is 620 Å². The molecule has 102 heavy (non-hydrogen) atoms. The molecule has 19 heteroatoms. The number of aliphatic hydroxyl groups is 1. The van der Waals surface area contributed by atoms with Crippen LogP contribution >= 0.6 is 15.6 Å². The second-order valence-electron chi connectivity index (χ2n) is 26.9. The average Bonchev–Trinajstić information content (AvgIpc) is 0.932. The third-order valence-corrected chi connectivity index (χ3v) is 19.0. The van der Waals surface area contributed by atoms with Crippen molar-refractivity contribution in [2.45, 2.75) is 353 Å². The van der Waals surface area contributed by atoms with Gasteiger partial charge in [0.05, 0.1) is 26.4 Å². The summed E-state index contributed by atoms with van der Waals surface area (Å²) in [6.45, 7) is 2.09. The lowest BCUT2D eigenvalue weighted by molar-refractivity contribution is -0.150. The van der Waals surface area contributed by atoms with Gasteiger partial charge in [-0.1, -0.05) is 246 Å². The number of hydrogen-bond donors (Lipinski definition) is 3. The number of hydrogen-bond acceptors (Lipinski definition) is 15. The number of phosphoric ester groups is 2. The summed E-state index contributed by atoms with van der Waals surface area (Å²) in [4.78, 5) is 67.9. The highest BCUT2D eigenvalue weighted by atomic mass is 31.2. The first kappa shape index (κ1) is 98.3. The molecule has 0 rings (SSSR count). The molecule has 0 aliphatic carbocycles. The molecule has 0 aliphatic heterocycles. The Morgan fingerprint density at radius 1 is 0.304 bits per heavy atom. The van der Waals surface area contributed by atoms with Crippen molar-refractivity contribution in [1.29, 1.82) is 0 Å². The van der Waals surface area contributed by atoms with Gasteiger partial charge < -0.3 is 43.4 Å². The number of carbonyl (C=O) groups excluding carboxylic acids is 4. The quantitative estimate of drug-likeness (QED) is 0.0169. The first-order valence-corrected chi connectivity index (χ1v) is 43.4. The lowest BCUT2D eigenvalue weighted by atomic mass is 10.1. The summed E-state index contributed by atoms with van der Waals surface area (Å²) < 4.78 is 70.0. The number of aliphatic hydroxyl groups excluding tert-OH is 1. The molecule has 590 valence electrons. The number of aldehydes is 2. The molecule has 0 spiro atoms. The van der Waals surface area contributed by atoms with Gasteiger partial charge in [-0.3, -0.25) is 27.7 Å². The lowest BCUT2D eigenvalue weighted by Gasteiger charge is -2.21. The number of esters is 2. The molecule has 0 saturated heterocycles. The molecule has 0 aliphatic rings. The highest BCUT2D eigenvalue weighted by Gasteiger charge is 2.29. The Hall–Kier alpha value is -3.70.